The Hall–Kier alpha value is -0.640. The third-order valence-corrected chi connectivity index (χ3v) is 5.14. The van der Waals surface area contributed by atoms with Crippen molar-refractivity contribution in [3.63, 3.8) is 0 Å². The van der Waals surface area contributed by atoms with Crippen LogP contribution in [0.15, 0.2) is 31.5 Å². The molecule has 1 aromatic heterocycles. The van der Waals surface area contributed by atoms with Crippen molar-refractivity contribution in [1.29, 1.82) is 0 Å². The lowest BCUT2D eigenvalue weighted by atomic mass is 10.3. The normalized spacial score (nSPS) is 10.4. The van der Waals surface area contributed by atoms with Crippen LogP contribution in [0.1, 0.15) is 6.92 Å². The number of amides is 1. The number of halogens is 2. The van der Waals surface area contributed by atoms with Crippen molar-refractivity contribution in [3.8, 4) is 5.75 Å². The molecule has 2 rings (SSSR count). The van der Waals surface area contributed by atoms with Crippen molar-refractivity contribution in [1.82, 2.24) is 10.2 Å². The quantitative estimate of drug-likeness (QED) is 0.525. The molecule has 112 valence electrons. The molecule has 0 unspecified atom stereocenters. The molecule has 0 aliphatic carbocycles. The number of aromatic nitrogens is 2. The first-order valence-electron chi connectivity index (χ1n) is 5.92. The first kappa shape index (κ1) is 16.7. The number of carbonyl (C=O) groups excluding carboxylic acids is 1. The van der Waals surface area contributed by atoms with Gasteiger partial charge < -0.3 is 4.74 Å². The van der Waals surface area contributed by atoms with Gasteiger partial charge in [-0.15, -0.1) is 10.2 Å². The highest BCUT2D eigenvalue weighted by Gasteiger charge is 2.10. The summed E-state index contributed by atoms with van der Waals surface area (Å²) in [5.41, 5.74) is 0. The maximum absolute atomic E-state index is 11.8. The zero-order valence-corrected chi connectivity index (χ0v) is 15.7. The van der Waals surface area contributed by atoms with Gasteiger partial charge in [0, 0.05) is 4.47 Å². The molecule has 9 heteroatoms. The molecule has 0 bridgehead atoms. The van der Waals surface area contributed by atoms with E-state index < -0.39 is 0 Å². The van der Waals surface area contributed by atoms with Crippen LogP contribution in [0.25, 0.3) is 0 Å². The van der Waals surface area contributed by atoms with Crippen molar-refractivity contribution in [3.05, 3.63) is 27.1 Å². The van der Waals surface area contributed by atoms with Gasteiger partial charge in [0.05, 0.1) is 4.47 Å². The number of carbonyl (C=O) groups is 1. The smallest absolute Gasteiger partial charge is 0.264 e. The van der Waals surface area contributed by atoms with Gasteiger partial charge in [-0.2, -0.15) is 0 Å². The Balaban J connectivity index is 1.86. The second kappa shape index (κ2) is 8.11. The molecule has 2 aromatic rings. The maximum atomic E-state index is 11.8. The Bertz CT molecular complexity index is 637. The summed E-state index contributed by atoms with van der Waals surface area (Å²) in [6, 6.07) is 5.48. The van der Waals surface area contributed by atoms with Crippen LogP contribution in [0.2, 0.25) is 0 Å². The molecule has 5 nitrogen and oxygen atoms in total. The molecular weight excluding hydrogens is 442 g/mol. The van der Waals surface area contributed by atoms with Crippen LogP contribution >= 0.6 is 55.0 Å². The first-order valence-corrected chi connectivity index (χ1v) is 9.31. The van der Waals surface area contributed by atoms with E-state index in [0.29, 0.717) is 10.9 Å². The molecular formula is C12H11Br2N3O2S2. The van der Waals surface area contributed by atoms with Crippen LogP contribution in [-0.4, -0.2) is 28.5 Å². The number of thioether (sulfide) groups is 1. The van der Waals surface area contributed by atoms with E-state index in [2.05, 4.69) is 47.4 Å². The van der Waals surface area contributed by atoms with Gasteiger partial charge in [-0.05, 0) is 39.9 Å². The van der Waals surface area contributed by atoms with Crippen molar-refractivity contribution < 1.29 is 9.53 Å². The molecule has 0 fully saturated rings. The third-order valence-electron chi connectivity index (χ3n) is 2.17. The maximum Gasteiger partial charge on any atom is 0.264 e. The van der Waals surface area contributed by atoms with E-state index in [1.165, 1.54) is 11.3 Å². The molecule has 0 atom stereocenters. The lowest BCUT2D eigenvalue weighted by Gasteiger charge is -2.07. The fourth-order valence-corrected chi connectivity index (χ4v) is 4.16. The number of hydrogen-bond donors (Lipinski definition) is 1. The predicted octanol–water partition coefficient (Wildman–Crippen LogP) is 4.19. The van der Waals surface area contributed by atoms with Gasteiger partial charge in [0.15, 0.2) is 10.9 Å². The van der Waals surface area contributed by atoms with Gasteiger partial charge in [-0.1, -0.05) is 46.0 Å². The first-order chi connectivity index (χ1) is 10.1. The number of nitrogens with zero attached hydrogens (tertiary/aromatic N) is 2. The number of anilines is 1. The molecule has 1 N–H and O–H groups in total. The summed E-state index contributed by atoms with van der Waals surface area (Å²) in [6.07, 6.45) is 0. The van der Waals surface area contributed by atoms with Gasteiger partial charge in [-0.25, -0.2) is 0 Å². The minimum absolute atomic E-state index is 0.0872. The Morgan fingerprint density at radius 3 is 2.95 bits per heavy atom. The van der Waals surface area contributed by atoms with Gasteiger partial charge >= 0.3 is 0 Å². The van der Waals surface area contributed by atoms with Gasteiger partial charge in [0.25, 0.3) is 5.91 Å². The van der Waals surface area contributed by atoms with Gasteiger partial charge in [-0.3, -0.25) is 10.1 Å². The summed E-state index contributed by atoms with van der Waals surface area (Å²) >= 11 is 9.67. The van der Waals surface area contributed by atoms with E-state index in [0.717, 1.165) is 19.0 Å². The average molecular weight is 453 g/mol. The van der Waals surface area contributed by atoms with E-state index >= 15 is 0 Å². The zero-order chi connectivity index (χ0) is 15.2. The van der Waals surface area contributed by atoms with Crippen molar-refractivity contribution in [2.75, 3.05) is 17.7 Å². The average Bonchev–Trinajstić information content (AvgIpc) is 2.85. The van der Waals surface area contributed by atoms with Crippen molar-refractivity contribution in [2.24, 2.45) is 0 Å². The molecule has 0 saturated carbocycles. The molecule has 0 radical (unpaired) electrons. The highest BCUT2D eigenvalue weighted by molar-refractivity contribution is 9.11. The standard InChI is InChI=1S/C12H11Br2N3O2S2/c1-2-20-12-17-16-11(21-12)15-10(18)6-19-9-4-3-7(13)5-8(9)14/h3-5H,2,6H2,1H3,(H,15,16,18). The lowest BCUT2D eigenvalue weighted by Crippen LogP contribution is -2.20. The summed E-state index contributed by atoms with van der Waals surface area (Å²) in [4.78, 5) is 11.8. The highest BCUT2D eigenvalue weighted by atomic mass is 79.9. The van der Waals surface area contributed by atoms with Crippen LogP contribution in [0.4, 0.5) is 5.13 Å². The van der Waals surface area contributed by atoms with E-state index in [1.54, 1.807) is 17.8 Å². The molecule has 0 saturated heterocycles. The zero-order valence-electron chi connectivity index (χ0n) is 10.9. The summed E-state index contributed by atoms with van der Waals surface area (Å²) in [6.45, 7) is 1.95. The summed E-state index contributed by atoms with van der Waals surface area (Å²) in [5.74, 6) is 1.25. The second-order valence-electron chi connectivity index (χ2n) is 3.72. The van der Waals surface area contributed by atoms with Crippen LogP contribution in [0, 0.1) is 0 Å². The number of ether oxygens (including phenoxy) is 1. The van der Waals surface area contributed by atoms with E-state index in [-0.39, 0.29) is 12.5 Å². The van der Waals surface area contributed by atoms with E-state index in [9.17, 15) is 4.79 Å². The topological polar surface area (TPSA) is 64.1 Å². The Morgan fingerprint density at radius 1 is 1.43 bits per heavy atom. The van der Waals surface area contributed by atoms with Crippen LogP contribution in [-0.2, 0) is 4.79 Å². The third kappa shape index (κ3) is 5.24. The van der Waals surface area contributed by atoms with Crippen LogP contribution in [0.5, 0.6) is 5.75 Å². The minimum Gasteiger partial charge on any atom is -0.483 e. The Labute approximate surface area is 147 Å². The van der Waals surface area contributed by atoms with Crippen LogP contribution in [0.3, 0.4) is 0 Å². The Kier molecular flexibility index (Phi) is 6.46. The van der Waals surface area contributed by atoms with E-state index in [4.69, 9.17) is 4.74 Å². The molecule has 1 heterocycles. The highest BCUT2D eigenvalue weighted by Crippen LogP contribution is 2.28. The molecule has 0 aliphatic rings. The van der Waals surface area contributed by atoms with Crippen molar-refractivity contribution >= 4 is 66.0 Å². The van der Waals surface area contributed by atoms with Crippen LogP contribution < -0.4 is 10.1 Å². The monoisotopic (exact) mass is 451 g/mol. The number of hydrogen-bond acceptors (Lipinski definition) is 6. The van der Waals surface area contributed by atoms with Crippen molar-refractivity contribution in [2.45, 2.75) is 11.3 Å². The summed E-state index contributed by atoms with van der Waals surface area (Å²) in [5, 5.41) is 11.0. The molecule has 21 heavy (non-hydrogen) atoms. The number of benzene rings is 1. The van der Waals surface area contributed by atoms with Gasteiger partial charge in [0.1, 0.15) is 5.75 Å². The summed E-state index contributed by atoms with van der Waals surface area (Å²) in [7, 11) is 0. The molecule has 1 aromatic carbocycles. The molecule has 1 amide bonds. The molecule has 0 spiro atoms. The fourth-order valence-electron chi connectivity index (χ4n) is 1.33. The fraction of sp³-hybridized carbons (Fsp3) is 0.250. The largest absolute Gasteiger partial charge is 0.483 e. The minimum atomic E-state index is -0.269. The Morgan fingerprint density at radius 2 is 2.24 bits per heavy atom. The van der Waals surface area contributed by atoms with Gasteiger partial charge in [0.2, 0.25) is 5.13 Å². The molecule has 0 aliphatic heterocycles. The number of nitrogens with one attached hydrogen (secondary N) is 1. The van der Waals surface area contributed by atoms with E-state index in [1.807, 2.05) is 19.1 Å². The summed E-state index contributed by atoms with van der Waals surface area (Å²) < 4.78 is 8.00. The lowest BCUT2D eigenvalue weighted by molar-refractivity contribution is -0.118. The predicted molar refractivity (Wildman–Crippen MR) is 92.3 cm³/mol. The number of rotatable bonds is 6. The second-order valence-corrected chi connectivity index (χ2v) is 7.98. The SMILES string of the molecule is CCSc1nnc(NC(=O)COc2ccc(Br)cc2Br)s1.